The van der Waals surface area contributed by atoms with Gasteiger partial charge in [0.2, 0.25) is 5.95 Å². The maximum absolute atomic E-state index is 12.5. The summed E-state index contributed by atoms with van der Waals surface area (Å²) in [6, 6.07) is 15.2. The van der Waals surface area contributed by atoms with E-state index in [2.05, 4.69) is 25.3 Å². The van der Waals surface area contributed by atoms with E-state index in [1.54, 1.807) is 31.4 Å². The van der Waals surface area contributed by atoms with Gasteiger partial charge in [-0.15, -0.1) is 0 Å². The summed E-state index contributed by atoms with van der Waals surface area (Å²) in [5.41, 5.74) is 1.68. The van der Waals surface area contributed by atoms with Crippen LogP contribution in [0.5, 0.6) is 5.75 Å². The van der Waals surface area contributed by atoms with Crippen LogP contribution in [0.3, 0.4) is 0 Å². The Morgan fingerprint density at radius 3 is 2.54 bits per heavy atom. The molecule has 1 heterocycles. The number of hydrogen-bond acceptors (Lipinski definition) is 7. The summed E-state index contributed by atoms with van der Waals surface area (Å²) in [7, 11) is 2.88. The second-order valence-electron chi connectivity index (χ2n) is 5.65. The van der Waals surface area contributed by atoms with E-state index in [4.69, 9.17) is 4.74 Å². The highest BCUT2D eigenvalue weighted by Gasteiger charge is 2.12. The van der Waals surface area contributed by atoms with Crippen molar-refractivity contribution in [3.63, 3.8) is 0 Å². The molecule has 3 rings (SSSR count). The SMILES string of the molecule is COC(=O)c1cccc(NC(=O)c2ccnc(Nc3cccc(OC)c3)n2)c1. The minimum Gasteiger partial charge on any atom is -0.497 e. The number of carbonyl (C=O) groups is 2. The van der Waals surface area contributed by atoms with Crippen molar-refractivity contribution in [3.8, 4) is 5.75 Å². The van der Waals surface area contributed by atoms with Crippen LogP contribution in [-0.2, 0) is 4.74 Å². The van der Waals surface area contributed by atoms with E-state index in [1.165, 1.54) is 25.4 Å². The first-order valence-corrected chi connectivity index (χ1v) is 8.33. The molecule has 0 atom stereocenters. The molecule has 8 heteroatoms. The number of ether oxygens (including phenoxy) is 2. The maximum Gasteiger partial charge on any atom is 0.337 e. The molecule has 1 amide bonds. The Hall–Kier alpha value is -3.94. The Labute approximate surface area is 161 Å². The fraction of sp³-hybridized carbons (Fsp3) is 0.100. The van der Waals surface area contributed by atoms with E-state index in [1.807, 2.05) is 18.2 Å². The molecule has 142 valence electrons. The molecule has 2 N–H and O–H groups in total. The highest BCUT2D eigenvalue weighted by Crippen LogP contribution is 2.19. The van der Waals surface area contributed by atoms with Crippen molar-refractivity contribution in [1.29, 1.82) is 0 Å². The topological polar surface area (TPSA) is 102 Å². The van der Waals surface area contributed by atoms with E-state index in [9.17, 15) is 9.59 Å². The van der Waals surface area contributed by atoms with E-state index >= 15 is 0 Å². The minimum atomic E-state index is -0.483. The van der Waals surface area contributed by atoms with Gasteiger partial charge in [-0.1, -0.05) is 12.1 Å². The lowest BCUT2D eigenvalue weighted by atomic mass is 10.2. The molecule has 0 spiro atoms. The van der Waals surface area contributed by atoms with Crippen molar-refractivity contribution < 1.29 is 19.1 Å². The monoisotopic (exact) mass is 378 g/mol. The Kier molecular flexibility index (Phi) is 5.81. The molecule has 0 unspecified atom stereocenters. The average Bonchev–Trinajstić information content (AvgIpc) is 2.73. The van der Waals surface area contributed by atoms with Crippen molar-refractivity contribution in [1.82, 2.24) is 9.97 Å². The van der Waals surface area contributed by atoms with Gasteiger partial charge in [0.25, 0.3) is 5.91 Å². The van der Waals surface area contributed by atoms with Gasteiger partial charge in [0, 0.05) is 23.6 Å². The number of carbonyl (C=O) groups excluding carboxylic acids is 2. The predicted molar refractivity (Wildman–Crippen MR) is 104 cm³/mol. The first-order valence-electron chi connectivity index (χ1n) is 8.33. The highest BCUT2D eigenvalue weighted by atomic mass is 16.5. The van der Waals surface area contributed by atoms with Crippen molar-refractivity contribution in [3.05, 3.63) is 72.1 Å². The van der Waals surface area contributed by atoms with E-state index in [0.717, 1.165) is 5.69 Å². The van der Waals surface area contributed by atoms with Crippen LogP contribution in [-0.4, -0.2) is 36.1 Å². The van der Waals surface area contributed by atoms with Crippen molar-refractivity contribution in [2.75, 3.05) is 24.9 Å². The summed E-state index contributed by atoms with van der Waals surface area (Å²) < 4.78 is 9.86. The van der Waals surface area contributed by atoms with Gasteiger partial charge in [-0.2, -0.15) is 0 Å². The molecule has 0 aliphatic carbocycles. The van der Waals surface area contributed by atoms with Gasteiger partial charge in [0.1, 0.15) is 11.4 Å². The Morgan fingerprint density at radius 2 is 1.75 bits per heavy atom. The van der Waals surface area contributed by atoms with E-state index < -0.39 is 11.9 Å². The summed E-state index contributed by atoms with van der Waals surface area (Å²) >= 11 is 0. The van der Waals surface area contributed by atoms with E-state index in [-0.39, 0.29) is 11.6 Å². The molecule has 1 aromatic heterocycles. The van der Waals surface area contributed by atoms with Crippen LogP contribution in [0.2, 0.25) is 0 Å². The predicted octanol–water partition coefficient (Wildman–Crippen LogP) is 3.27. The third-order valence-electron chi connectivity index (χ3n) is 3.76. The smallest absolute Gasteiger partial charge is 0.337 e. The van der Waals surface area contributed by atoms with Gasteiger partial charge in [-0.3, -0.25) is 4.79 Å². The molecule has 8 nitrogen and oxygen atoms in total. The second kappa shape index (κ2) is 8.63. The van der Waals surface area contributed by atoms with Crippen LogP contribution in [0.1, 0.15) is 20.8 Å². The third kappa shape index (κ3) is 4.61. The zero-order chi connectivity index (χ0) is 19.9. The molecule has 0 radical (unpaired) electrons. The number of hydrogen-bond donors (Lipinski definition) is 2. The highest BCUT2D eigenvalue weighted by molar-refractivity contribution is 6.03. The van der Waals surface area contributed by atoms with Crippen LogP contribution in [0.15, 0.2) is 60.8 Å². The average molecular weight is 378 g/mol. The van der Waals surface area contributed by atoms with Gasteiger partial charge >= 0.3 is 5.97 Å². The van der Waals surface area contributed by atoms with Gasteiger partial charge in [0.05, 0.1) is 19.8 Å². The number of nitrogens with zero attached hydrogens (tertiary/aromatic N) is 2. The number of anilines is 3. The van der Waals surface area contributed by atoms with Gasteiger partial charge in [-0.05, 0) is 36.4 Å². The Bertz CT molecular complexity index is 1010. The van der Waals surface area contributed by atoms with E-state index in [0.29, 0.717) is 17.0 Å². The molecule has 28 heavy (non-hydrogen) atoms. The van der Waals surface area contributed by atoms with Crippen LogP contribution in [0.25, 0.3) is 0 Å². The number of benzene rings is 2. The van der Waals surface area contributed by atoms with Gasteiger partial charge in [0.15, 0.2) is 0 Å². The van der Waals surface area contributed by atoms with Crippen molar-refractivity contribution >= 4 is 29.2 Å². The number of methoxy groups -OCH3 is 2. The minimum absolute atomic E-state index is 0.170. The number of esters is 1. The first-order chi connectivity index (χ1) is 13.6. The Morgan fingerprint density at radius 1 is 0.964 bits per heavy atom. The zero-order valence-corrected chi connectivity index (χ0v) is 15.3. The lowest BCUT2D eigenvalue weighted by molar-refractivity contribution is 0.0600. The zero-order valence-electron chi connectivity index (χ0n) is 15.3. The summed E-state index contributed by atoms with van der Waals surface area (Å²) in [6.07, 6.45) is 1.48. The molecule has 0 bridgehead atoms. The molecule has 0 aliphatic rings. The van der Waals surface area contributed by atoms with Crippen LogP contribution >= 0.6 is 0 Å². The van der Waals surface area contributed by atoms with Crippen LogP contribution in [0, 0.1) is 0 Å². The lowest BCUT2D eigenvalue weighted by Crippen LogP contribution is -2.15. The molecule has 3 aromatic rings. The quantitative estimate of drug-likeness (QED) is 0.635. The normalized spacial score (nSPS) is 10.1. The molecule has 0 saturated heterocycles. The van der Waals surface area contributed by atoms with Crippen LogP contribution < -0.4 is 15.4 Å². The van der Waals surface area contributed by atoms with Gasteiger partial charge < -0.3 is 20.1 Å². The van der Waals surface area contributed by atoms with Crippen LogP contribution in [0.4, 0.5) is 17.3 Å². The Balaban J connectivity index is 1.74. The van der Waals surface area contributed by atoms with Crippen molar-refractivity contribution in [2.24, 2.45) is 0 Å². The fourth-order valence-electron chi connectivity index (χ4n) is 2.41. The summed E-state index contributed by atoms with van der Waals surface area (Å²) in [5, 5.41) is 5.73. The number of amides is 1. The molecule has 2 aromatic carbocycles. The standard InChI is InChI=1S/C20H18N4O4/c1-27-16-8-4-7-15(12-16)23-20-21-10-9-17(24-20)18(25)22-14-6-3-5-13(11-14)19(26)28-2/h3-12H,1-2H3,(H,22,25)(H,21,23,24). The number of aromatic nitrogens is 2. The molecule has 0 fully saturated rings. The molecule has 0 aliphatic heterocycles. The molecular weight excluding hydrogens is 360 g/mol. The van der Waals surface area contributed by atoms with Crippen molar-refractivity contribution in [2.45, 2.75) is 0 Å². The largest absolute Gasteiger partial charge is 0.497 e. The second-order valence-corrected chi connectivity index (χ2v) is 5.65. The fourth-order valence-corrected chi connectivity index (χ4v) is 2.41. The summed E-state index contributed by atoms with van der Waals surface area (Å²) in [4.78, 5) is 32.5. The maximum atomic E-state index is 12.5. The lowest BCUT2D eigenvalue weighted by Gasteiger charge is -2.09. The number of nitrogens with one attached hydrogen (secondary N) is 2. The number of rotatable bonds is 6. The summed E-state index contributed by atoms with van der Waals surface area (Å²) in [6.45, 7) is 0. The summed E-state index contributed by atoms with van der Waals surface area (Å²) in [5.74, 6) is 0.0367. The molecule has 0 saturated carbocycles. The first kappa shape index (κ1) is 18.8. The molecular formula is C20H18N4O4. The third-order valence-corrected chi connectivity index (χ3v) is 3.76. The van der Waals surface area contributed by atoms with Gasteiger partial charge in [-0.25, -0.2) is 14.8 Å².